The molecule has 0 aliphatic carbocycles. The van der Waals surface area contributed by atoms with Gasteiger partial charge in [0.25, 0.3) is 0 Å². The van der Waals surface area contributed by atoms with Crippen LogP contribution >= 0.6 is 31.9 Å². The molecular formula is C8H16Br2O. The van der Waals surface area contributed by atoms with Gasteiger partial charge >= 0.3 is 0 Å². The van der Waals surface area contributed by atoms with Gasteiger partial charge < -0.3 is 4.74 Å². The van der Waals surface area contributed by atoms with Crippen molar-refractivity contribution in [3.8, 4) is 0 Å². The van der Waals surface area contributed by atoms with Gasteiger partial charge in [0.15, 0.2) is 0 Å². The Balaban J connectivity index is 2.89. The minimum atomic E-state index is 0.184. The zero-order chi connectivity index (χ0) is 8.53. The Bertz CT molecular complexity index is 78.5. The first-order chi connectivity index (χ1) is 5.31. The van der Waals surface area contributed by atoms with Crippen molar-refractivity contribution in [1.29, 1.82) is 0 Å². The monoisotopic (exact) mass is 286 g/mol. The molecule has 1 nitrogen and oxygen atoms in total. The van der Waals surface area contributed by atoms with Gasteiger partial charge in [-0.3, -0.25) is 0 Å². The molecule has 0 aliphatic heterocycles. The van der Waals surface area contributed by atoms with E-state index in [9.17, 15) is 0 Å². The van der Waals surface area contributed by atoms with E-state index in [-0.39, 0.29) is 5.01 Å². The van der Waals surface area contributed by atoms with Crippen LogP contribution in [0.3, 0.4) is 0 Å². The van der Waals surface area contributed by atoms with Crippen LogP contribution in [-0.2, 0) is 4.74 Å². The quantitative estimate of drug-likeness (QED) is 0.512. The highest BCUT2D eigenvalue weighted by molar-refractivity contribution is 9.12. The van der Waals surface area contributed by atoms with E-state index in [4.69, 9.17) is 4.74 Å². The molecule has 0 aliphatic rings. The van der Waals surface area contributed by atoms with Crippen molar-refractivity contribution in [2.75, 3.05) is 11.9 Å². The summed E-state index contributed by atoms with van der Waals surface area (Å²) in [5.41, 5.74) is 0. The number of hydrogen-bond acceptors (Lipinski definition) is 1. The highest BCUT2D eigenvalue weighted by Gasteiger charge is 1.99. The maximum atomic E-state index is 5.41. The number of rotatable bonds is 7. The maximum Gasteiger partial charge on any atom is 0.122 e. The molecular weight excluding hydrogens is 272 g/mol. The third-order valence-electron chi connectivity index (χ3n) is 1.42. The molecule has 1 atom stereocenters. The molecule has 0 aromatic heterocycles. The number of ether oxygens (including phenoxy) is 1. The van der Waals surface area contributed by atoms with Crippen LogP contribution in [0.15, 0.2) is 0 Å². The Morgan fingerprint density at radius 1 is 1.27 bits per heavy atom. The lowest BCUT2D eigenvalue weighted by Crippen LogP contribution is -2.06. The average molecular weight is 288 g/mol. The van der Waals surface area contributed by atoms with Gasteiger partial charge in [-0.1, -0.05) is 58.0 Å². The van der Waals surface area contributed by atoms with Crippen molar-refractivity contribution in [3.63, 3.8) is 0 Å². The lowest BCUT2D eigenvalue weighted by Gasteiger charge is -2.06. The van der Waals surface area contributed by atoms with Crippen LogP contribution in [0.5, 0.6) is 0 Å². The largest absolute Gasteiger partial charge is 0.366 e. The second kappa shape index (κ2) is 9.01. The Morgan fingerprint density at radius 2 is 2.00 bits per heavy atom. The molecule has 0 saturated heterocycles. The lowest BCUT2D eigenvalue weighted by molar-refractivity contribution is 0.127. The Labute approximate surface area is 86.1 Å². The third-order valence-corrected chi connectivity index (χ3v) is 3.46. The van der Waals surface area contributed by atoms with Crippen molar-refractivity contribution < 1.29 is 4.74 Å². The molecule has 0 aromatic rings. The molecule has 0 rings (SSSR count). The molecule has 0 spiro atoms. The van der Waals surface area contributed by atoms with Crippen molar-refractivity contribution in [2.24, 2.45) is 0 Å². The molecule has 0 fully saturated rings. The zero-order valence-electron chi connectivity index (χ0n) is 6.98. The highest BCUT2D eigenvalue weighted by atomic mass is 79.9. The van der Waals surface area contributed by atoms with Crippen molar-refractivity contribution in [3.05, 3.63) is 0 Å². The molecule has 68 valence electrons. The van der Waals surface area contributed by atoms with E-state index in [1.807, 2.05) is 0 Å². The van der Waals surface area contributed by atoms with E-state index in [1.165, 1.54) is 25.7 Å². The summed E-state index contributed by atoms with van der Waals surface area (Å²) < 4.78 is 5.41. The van der Waals surface area contributed by atoms with Crippen molar-refractivity contribution >= 4 is 31.9 Å². The summed E-state index contributed by atoms with van der Waals surface area (Å²) in [6.07, 6.45) is 5.09. The summed E-state index contributed by atoms with van der Waals surface area (Å²) in [5, 5.41) is 1.05. The van der Waals surface area contributed by atoms with Gasteiger partial charge in [-0.05, 0) is 6.42 Å². The second-order valence-electron chi connectivity index (χ2n) is 2.50. The van der Waals surface area contributed by atoms with E-state index in [0.717, 1.165) is 11.9 Å². The topological polar surface area (TPSA) is 9.23 Å². The molecule has 11 heavy (non-hydrogen) atoms. The fourth-order valence-corrected chi connectivity index (χ4v) is 1.16. The smallest absolute Gasteiger partial charge is 0.122 e. The summed E-state index contributed by atoms with van der Waals surface area (Å²) in [5.74, 6) is 0. The minimum Gasteiger partial charge on any atom is -0.366 e. The molecule has 3 heteroatoms. The predicted molar refractivity (Wildman–Crippen MR) is 56.6 cm³/mol. The molecule has 0 bridgehead atoms. The summed E-state index contributed by atoms with van der Waals surface area (Å²) in [7, 11) is 0. The van der Waals surface area contributed by atoms with Gasteiger partial charge in [0.2, 0.25) is 0 Å². The van der Waals surface area contributed by atoms with Crippen LogP contribution in [0.1, 0.15) is 32.6 Å². The number of hydrogen-bond donors (Lipinski definition) is 0. The predicted octanol–water partition coefficient (Wildman–Crippen LogP) is 3.70. The van der Waals surface area contributed by atoms with Gasteiger partial charge in [-0.2, -0.15) is 0 Å². The molecule has 1 unspecified atom stereocenters. The van der Waals surface area contributed by atoms with Gasteiger partial charge in [-0.15, -0.1) is 0 Å². The molecule has 0 saturated carbocycles. The van der Waals surface area contributed by atoms with Crippen LogP contribution in [0.25, 0.3) is 0 Å². The van der Waals surface area contributed by atoms with Crippen LogP contribution in [0, 0.1) is 0 Å². The molecule has 0 heterocycles. The third kappa shape index (κ3) is 8.83. The van der Waals surface area contributed by atoms with E-state index in [0.29, 0.717) is 0 Å². The highest BCUT2D eigenvalue weighted by Crippen LogP contribution is 2.07. The van der Waals surface area contributed by atoms with E-state index in [1.54, 1.807) is 0 Å². The van der Waals surface area contributed by atoms with Crippen LogP contribution in [0.2, 0.25) is 0 Å². The molecule has 0 aromatic carbocycles. The normalized spacial score (nSPS) is 13.4. The Hall–Kier alpha value is 0.920. The second-order valence-corrected chi connectivity index (χ2v) is 4.16. The fraction of sp³-hybridized carbons (Fsp3) is 1.00. The van der Waals surface area contributed by atoms with Gasteiger partial charge in [0.05, 0.1) is 0 Å². The van der Waals surface area contributed by atoms with Gasteiger partial charge in [0.1, 0.15) is 5.01 Å². The van der Waals surface area contributed by atoms with E-state index in [2.05, 4.69) is 38.8 Å². The van der Waals surface area contributed by atoms with Crippen molar-refractivity contribution in [1.82, 2.24) is 0 Å². The van der Waals surface area contributed by atoms with Gasteiger partial charge in [0, 0.05) is 11.9 Å². The van der Waals surface area contributed by atoms with Gasteiger partial charge in [-0.25, -0.2) is 0 Å². The zero-order valence-corrected chi connectivity index (χ0v) is 10.2. The Kier molecular flexibility index (Phi) is 9.77. The molecule has 0 N–H and O–H groups in total. The summed E-state index contributed by atoms with van der Waals surface area (Å²) in [4.78, 5) is 0. The summed E-state index contributed by atoms with van der Waals surface area (Å²) >= 11 is 6.70. The number of halogens is 2. The standard InChI is InChI=1S/C8H16Br2O/c1-2-3-4-5-6-11-8(10)7-9/h8H,2-7H2,1H3. The number of alkyl halides is 2. The van der Waals surface area contributed by atoms with E-state index < -0.39 is 0 Å². The van der Waals surface area contributed by atoms with Crippen LogP contribution < -0.4 is 0 Å². The van der Waals surface area contributed by atoms with Crippen LogP contribution in [0.4, 0.5) is 0 Å². The Morgan fingerprint density at radius 3 is 2.55 bits per heavy atom. The lowest BCUT2D eigenvalue weighted by atomic mass is 10.2. The fourth-order valence-electron chi connectivity index (χ4n) is 0.785. The average Bonchev–Trinajstić information content (AvgIpc) is 2.04. The van der Waals surface area contributed by atoms with E-state index >= 15 is 0 Å². The first-order valence-corrected chi connectivity index (χ1v) is 6.16. The molecule has 0 radical (unpaired) electrons. The number of unbranched alkanes of at least 4 members (excludes halogenated alkanes) is 3. The maximum absolute atomic E-state index is 5.41. The molecule has 0 amide bonds. The van der Waals surface area contributed by atoms with Crippen molar-refractivity contribution in [2.45, 2.75) is 37.6 Å². The minimum absolute atomic E-state index is 0.184. The van der Waals surface area contributed by atoms with Crippen LogP contribution in [-0.4, -0.2) is 17.0 Å². The summed E-state index contributed by atoms with van der Waals surface area (Å²) in [6, 6.07) is 0. The summed E-state index contributed by atoms with van der Waals surface area (Å²) in [6.45, 7) is 3.09. The first kappa shape index (κ1) is 11.9. The first-order valence-electron chi connectivity index (χ1n) is 4.13. The SMILES string of the molecule is CCCCCCOC(Br)CBr.